The van der Waals surface area contributed by atoms with Gasteiger partial charge < -0.3 is 14.3 Å². The van der Waals surface area contributed by atoms with Crippen LogP contribution in [-0.4, -0.2) is 48.9 Å². The Bertz CT molecular complexity index is 894. The van der Waals surface area contributed by atoms with Gasteiger partial charge in [0.25, 0.3) is 5.09 Å². The molecule has 30 heavy (non-hydrogen) atoms. The molecule has 0 spiro atoms. The van der Waals surface area contributed by atoms with Crippen LogP contribution in [0.2, 0.25) is 0 Å². The highest BCUT2D eigenvalue weighted by Crippen LogP contribution is 2.25. The number of carbonyl (C=O) groups excluding carboxylic acids is 2. The van der Waals surface area contributed by atoms with E-state index in [1.807, 2.05) is 36.4 Å². The summed E-state index contributed by atoms with van der Waals surface area (Å²) in [5, 5.41) is 13.3. The van der Waals surface area contributed by atoms with E-state index in [2.05, 4.69) is 10.2 Å². The molecule has 2 amide bonds. The van der Waals surface area contributed by atoms with Gasteiger partial charge in [-0.25, -0.2) is 4.79 Å². The maximum Gasteiger partial charge on any atom is 0.413 e. The van der Waals surface area contributed by atoms with Crippen LogP contribution in [0.25, 0.3) is 10.8 Å². The van der Waals surface area contributed by atoms with Crippen molar-refractivity contribution in [3.8, 4) is 5.75 Å². The standard InChI is InChI=1S/C19H22N2O7S2/c1-13(14-3-4-16-12-17(26-2)6-5-15(16)11-14)18(22)20-19(23)27-7-9-29-30-10-8-28-21(24)25/h3-6,11-13H,7-10H2,1-2H3,(H,20,22,23). The van der Waals surface area contributed by atoms with Crippen molar-refractivity contribution < 1.29 is 29.0 Å². The number of carbonyl (C=O) groups is 2. The first kappa shape index (κ1) is 23.6. The van der Waals surface area contributed by atoms with Gasteiger partial charge in [0, 0.05) is 11.5 Å². The second-order valence-corrected chi connectivity index (χ2v) is 8.72. The molecule has 0 bridgehead atoms. The molecule has 9 nitrogen and oxygen atoms in total. The molecule has 2 rings (SSSR count). The Morgan fingerprint density at radius 3 is 2.47 bits per heavy atom. The van der Waals surface area contributed by atoms with Gasteiger partial charge in [-0.05, 0) is 35.4 Å². The van der Waals surface area contributed by atoms with Crippen molar-refractivity contribution >= 4 is 44.4 Å². The van der Waals surface area contributed by atoms with E-state index in [9.17, 15) is 19.7 Å². The van der Waals surface area contributed by atoms with Crippen LogP contribution in [-0.2, 0) is 14.4 Å². The summed E-state index contributed by atoms with van der Waals surface area (Å²) in [4.78, 5) is 38.3. The SMILES string of the molecule is COc1ccc2cc(C(C)C(=O)NC(=O)OCCSSCCO[N+](=O)[O-])ccc2c1. The molecule has 0 heterocycles. The third kappa shape index (κ3) is 7.64. The molecular weight excluding hydrogens is 432 g/mol. The maximum absolute atomic E-state index is 12.3. The molecule has 0 aliphatic heterocycles. The summed E-state index contributed by atoms with van der Waals surface area (Å²) in [6.45, 7) is 1.83. The van der Waals surface area contributed by atoms with E-state index >= 15 is 0 Å². The fourth-order valence-corrected chi connectivity index (χ4v) is 4.11. The number of fused-ring (bicyclic) bond motifs is 1. The first-order valence-corrected chi connectivity index (χ1v) is 11.5. The lowest BCUT2D eigenvalue weighted by molar-refractivity contribution is -0.756. The van der Waals surface area contributed by atoms with Crippen molar-refractivity contribution in [2.75, 3.05) is 31.8 Å². The number of imide groups is 1. The Hall–Kier alpha value is -2.66. The summed E-state index contributed by atoms with van der Waals surface area (Å²) in [5.41, 5.74) is 0.780. The number of amides is 2. The van der Waals surface area contributed by atoms with Crippen LogP contribution in [0.3, 0.4) is 0 Å². The van der Waals surface area contributed by atoms with Gasteiger partial charge in [-0.2, -0.15) is 0 Å². The number of nitrogens with zero attached hydrogens (tertiary/aromatic N) is 1. The predicted molar refractivity (Wildman–Crippen MR) is 116 cm³/mol. The number of methoxy groups -OCH3 is 1. The van der Waals surface area contributed by atoms with E-state index < -0.39 is 23.0 Å². The van der Waals surface area contributed by atoms with Gasteiger partial charge >= 0.3 is 6.09 Å². The smallest absolute Gasteiger partial charge is 0.413 e. The fraction of sp³-hybridized carbons (Fsp3) is 0.368. The third-order valence-corrected chi connectivity index (χ3v) is 6.37. The molecule has 11 heteroatoms. The van der Waals surface area contributed by atoms with E-state index in [-0.39, 0.29) is 13.2 Å². The number of hydrogen-bond acceptors (Lipinski definition) is 9. The average Bonchev–Trinajstić information content (AvgIpc) is 2.73. The van der Waals surface area contributed by atoms with E-state index in [0.717, 1.165) is 22.1 Å². The predicted octanol–water partition coefficient (Wildman–Crippen LogP) is 3.79. The van der Waals surface area contributed by atoms with E-state index in [1.54, 1.807) is 14.0 Å². The minimum Gasteiger partial charge on any atom is -0.497 e. The maximum atomic E-state index is 12.3. The molecule has 2 aromatic rings. The highest BCUT2D eigenvalue weighted by molar-refractivity contribution is 8.76. The van der Waals surface area contributed by atoms with Gasteiger partial charge in [0.15, 0.2) is 0 Å². The number of hydrogen-bond donors (Lipinski definition) is 1. The van der Waals surface area contributed by atoms with Crippen molar-refractivity contribution in [3.63, 3.8) is 0 Å². The summed E-state index contributed by atoms with van der Waals surface area (Å²) < 4.78 is 10.2. The molecule has 2 aromatic carbocycles. The minimum absolute atomic E-state index is 0.000711. The average molecular weight is 455 g/mol. The molecule has 0 saturated carbocycles. The molecule has 0 saturated heterocycles. The van der Waals surface area contributed by atoms with E-state index in [4.69, 9.17) is 9.47 Å². The molecule has 162 valence electrons. The molecule has 1 unspecified atom stereocenters. The lowest BCUT2D eigenvalue weighted by atomic mass is 9.97. The molecule has 1 N–H and O–H groups in total. The van der Waals surface area contributed by atoms with Crippen LogP contribution >= 0.6 is 21.6 Å². The summed E-state index contributed by atoms with van der Waals surface area (Å²) in [5.74, 6) is 0.688. The number of benzene rings is 2. The van der Waals surface area contributed by atoms with Gasteiger partial charge in [-0.3, -0.25) is 10.1 Å². The van der Waals surface area contributed by atoms with Crippen LogP contribution < -0.4 is 10.1 Å². The zero-order chi connectivity index (χ0) is 21.9. The summed E-state index contributed by atoms with van der Waals surface area (Å²) in [7, 11) is 4.36. The Labute approximate surface area is 181 Å². The zero-order valence-electron chi connectivity index (χ0n) is 16.5. The highest BCUT2D eigenvalue weighted by Gasteiger charge is 2.18. The largest absolute Gasteiger partial charge is 0.497 e. The van der Waals surface area contributed by atoms with Gasteiger partial charge in [0.2, 0.25) is 5.91 Å². The number of alkyl carbamates (subject to hydrolysis) is 1. The summed E-state index contributed by atoms with van der Waals surface area (Å²) in [6, 6.07) is 11.3. The minimum atomic E-state index is -0.842. The number of ether oxygens (including phenoxy) is 2. The Morgan fingerprint density at radius 1 is 1.10 bits per heavy atom. The van der Waals surface area contributed by atoms with Gasteiger partial charge in [-0.15, -0.1) is 10.1 Å². The Morgan fingerprint density at radius 2 is 1.77 bits per heavy atom. The molecule has 0 aliphatic rings. The van der Waals surface area contributed by atoms with Crippen molar-refractivity contribution in [2.45, 2.75) is 12.8 Å². The topological polar surface area (TPSA) is 117 Å². The molecule has 1 atom stereocenters. The van der Waals surface area contributed by atoms with Crippen molar-refractivity contribution in [2.24, 2.45) is 0 Å². The molecule has 0 aliphatic carbocycles. The van der Waals surface area contributed by atoms with Crippen LogP contribution in [0.4, 0.5) is 4.79 Å². The Balaban J connectivity index is 1.73. The quantitative estimate of drug-likeness (QED) is 0.234. The van der Waals surface area contributed by atoms with E-state index in [0.29, 0.717) is 11.5 Å². The highest BCUT2D eigenvalue weighted by atomic mass is 33.1. The lowest BCUT2D eigenvalue weighted by Crippen LogP contribution is -2.34. The second kappa shape index (κ2) is 12.1. The molecular formula is C19H22N2O7S2. The fourth-order valence-electron chi connectivity index (χ4n) is 2.47. The third-order valence-electron chi connectivity index (χ3n) is 4.04. The molecule has 0 fully saturated rings. The van der Waals surface area contributed by atoms with Crippen LogP contribution in [0.1, 0.15) is 18.4 Å². The molecule has 0 aromatic heterocycles. The Kier molecular flexibility index (Phi) is 9.55. The van der Waals surface area contributed by atoms with Gasteiger partial charge in [-0.1, -0.05) is 45.9 Å². The number of nitrogens with one attached hydrogen (secondary N) is 1. The van der Waals surface area contributed by atoms with Crippen LogP contribution in [0, 0.1) is 10.1 Å². The first-order valence-electron chi connectivity index (χ1n) is 8.97. The monoisotopic (exact) mass is 454 g/mol. The lowest BCUT2D eigenvalue weighted by Gasteiger charge is -2.13. The van der Waals surface area contributed by atoms with Crippen molar-refractivity contribution in [3.05, 3.63) is 52.1 Å². The van der Waals surface area contributed by atoms with Crippen molar-refractivity contribution in [1.29, 1.82) is 0 Å². The van der Waals surface area contributed by atoms with Crippen LogP contribution in [0.5, 0.6) is 5.75 Å². The first-order chi connectivity index (χ1) is 14.4. The zero-order valence-corrected chi connectivity index (χ0v) is 18.1. The molecule has 0 radical (unpaired) electrons. The number of rotatable bonds is 11. The second-order valence-electron chi connectivity index (χ2n) is 6.02. The summed E-state index contributed by atoms with van der Waals surface area (Å²) >= 11 is 0. The van der Waals surface area contributed by atoms with Gasteiger partial charge in [0.1, 0.15) is 19.0 Å². The normalized spacial score (nSPS) is 11.5. The van der Waals surface area contributed by atoms with Crippen LogP contribution in [0.15, 0.2) is 36.4 Å². The van der Waals surface area contributed by atoms with E-state index in [1.165, 1.54) is 21.6 Å². The van der Waals surface area contributed by atoms with Gasteiger partial charge in [0.05, 0.1) is 13.0 Å². The van der Waals surface area contributed by atoms with Crippen molar-refractivity contribution in [1.82, 2.24) is 5.32 Å². The summed E-state index contributed by atoms with van der Waals surface area (Å²) in [6.07, 6.45) is -0.806.